The Morgan fingerprint density at radius 1 is 1.44 bits per heavy atom. The predicted octanol–water partition coefficient (Wildman–Crippen LogP) is 1.44. The molecule has 3 nitrogen and oxygen atoms in total. The van der Waals surface area contributed by atoms with Crippen LogP contribution in [0.4, 0.5) is 0 Å². The van der Waals surface area contributed by atoms with Crippen molar-refractivity contribution in [2.45, 2.75) is 25.3 Å². The van der Waals surface area contributed by atoms with Crippen LogP contribution in [0.3, 0.4) is 0 Å². The van der Waals surface area contributed by atoms with Crippen LogP contribution < -0.4 is 5.32 Å². The van der Waals surface area contributed by atoms with Crippen LogP contribution in [0.15, 0.2) is 0 Å². The van der Waals surface area contributed by atoms with Crippen molar-refractivity contribution in [1.82, 2.24) is 10.2 Å². The Balaban J connectivity index is 1.92. The SMILES string of the molecule is COCCCN(C)CCNC1CCCSC1. The van der Waals surface area contributed by atoms with Crippen LogP contribution in [0, 0.1) is 0 Å². The first kappa shape index (κ1) is 14.3. The molecule has 16 heavy (non-hydrogen) atoms. The Hall–Kier alpha value is 0.230. The number of rotatable bonds is 8. The lowest BCUT2D eigenvalue weighted by atomic mass is 10.2. The maximum atomic E-state index is 5.05. The number of hydrogen-bond acceptors (Lipinski definition) is 4. The Morgan fingerprint density at radius 2 is 2.31 bits per heavy atom. The van der Waals surface area contributed by atoms with Crippen LogP contribution in [0.2, 0.25) is 0 Å². The number of hydrogen-bond donors (Lipinski definition) is 1. The largest absolute Gasteiger partial charge is 0.385 e. The zero-order chi connectivity index (χ0) is 11.6. The average Bonchev–Trinajstić information content (AvgIpc) is 2.31. The summed E-state index contributed by atoms with van der Waals surface area (Å²) in [6, 6.07) is 0.756. The highest BCUT2D eigenvalue weighted by atomic mass is 32.2. The third kappa shape index (κ3) is 6.74. The maximum absolute atomic E-state index is 5.05. The van der Waals surface area contributed by atoms with E-state index in [-0.39, 0.29) is 0 Å². The zero-order valence-electron chi connectivity index (χ0n) is 10.7. The summed E-state index contributed by atoms with van der Waals surface area (Å²) in [4.78, 5) is 2.38. The van der Waals surface area contributed by atoms with Gasteiger partial charge in [-0.25, -0.2) is 0 Å². The van der Waals surface area contributed by atoms with Crippen molar-refractivity contribution in [2.75, 3.05) is 51.9 Å². The van der Waals surface area contributed by atoms with Gasteiger partial charge in [-0.15, -0.1) is 0 Å². The van der Waals surface area contributed by atoms with Crippen molar-refractivity contribution >= 4 is 11.8 Å². The van der Waals surface area contributed by atoms with Crippen LogP contribution in [0.25, 0.3) is 0 Å². The standard InChI is InChI=1S/C12H26N2OS/c1-14(7-4-9-15-2)8-6-13-12-5-3-10-16-11-12/h12-13H,3-11H2,1-2H3. The molecule has 0 bridgehead atoms. The van der Waals surface area contributed by atoms with E-state index in [0.29, 0.717) is 0 Å². The molecule has 0 aromatic carbocycles. The lowest BCUT2D eigenvalue weighted by Crippen LogP contribution is -2.38. The Kier molecular flexibility index (Phi) is 8.29. The number of methoxy groups -OCH3 is 1. The van der Waals surface area contributed by atoms with Gasteiger partial charge in [0, 0.05) is 45.1 Å². The van der Waals surface area contributed by atoms with Crippen LogP contribution in [-0.2, 0) is 4.74 Å². The molecule has 1 unspecified atom stereocenters. The number of likely N-dealkylation sites (N-methyl/N-ethyl adjacent to an activating group) is 1. The Morgan fingerprint density at radius 3 is 3.00 bits per heavy atom. The molecule has 0 radical (unpaired) electrons. The van der Waals surface area contributed by atoms with Crippen LogP contribution in [0.1, 0.15) is 19.3 Å². The number of nitrogens with one attached hydrogen (secondary N) is 1. The molecule has 1 aliphatic rings. The molecular formula is C12H26N2OS. The number of ether oxygens (including phenoxy) is 1. The monoisotopic (exact) mass is 246 g/mol. The first-order chi connectivity index (χ1) is 7.83. The highest BCUT2D eigenvalue weighted by Gasteiger charge is 2.12. The van der Waals surface area contributed by atoms with Crippen LogP contribution in [0.5, 0.6) is 0 Å². The Labute approximate surface area is 104 Å². The molecule has 0 aromatic heterocycles. The van der Waals surface area contributed by atoms with Gasteiger partial charge in [0.2, 0.25) is 0 Å². The average molecular weight is 246 g/mol. The quantitative estimate of drug-likeness (QED) is 0.655. The van der Waals surface area contributed by atoms with E-state index < -0.39 is 0 Å². The molecule has 0 aromatic rings. The molecule has 0 aliphatic carbocycles. The van der Waals surface area contributed by atoms with Gasteiger partial charge in [-0.2, -0.15) is 11.8 Å². The maximum Gasteiger partial charge on any atom is 0.0474 e. The summed E-state index contributed by atoms with van der Waals surface area (Å²) < 4.78 is 5.05. The fourth-order valence-corrected chi connectivity index (χ4v) is 3.06. The second kappa shape index (κ2) is 9.28. The molecule has 1 fully saturated rings. The van der Waals surface area contributed by atoms with E-state index >= 15 is 0 Å². The van der Waals surface area contributed by atoms with Crippen molar-refractivity contribution in [3.8, 4) is 0 Å². The van der Waals surface area contributed by atoms with Gasteiger partial charge in [0.05, 0.1) is 0 Å². The summed E-state index contributed by atoms with van der Waals surface area (Å²) in [7, 11) is 3.95. The Bertz CT molecular complexity index is 163. The molecular weight excluding hydrogens is 220 g/mol. The number of nitrogens with zero attached hydrogens (tertiary/aromatic N) is 1. The summed E-state index contributed by atoms with van der Waals surface area (Å²) in [5.41, 5.74) is 0. The summed E-state index contributed by atoms with van der Waals surface area (Å²) in [6.45, 7) is 4.27. The normalized spacial score (nSPS) is 21.6. The third-order valence-electron chi connectivity index (χ3n) is 2.98. The molecule has 1 N–H and O–H groups in total. The van der Waals surface area contributed by atoms with E-state index in [1.807, 2.05) is 0 Å². The molecule has 1 atom stereocenters. The van der Waals surface area contributed by atoms with Crippen molar-refractivity contribution in [3.63, 3.8) is 0 Å². The molecule has 1 heterocycles. The first-order valence-corrected chi connectivity index (χ1v) is 7.47. The van der Waals surface area contributed by atoms with Gasteiger partial charge < -0.3 is 15.0 Å². The van der Waals surface area contributed by atoms with Crippen molar-refractivity contribution in [1.29, 1.82) is 0 Å². The minimum absolute atomic E-state index is 0.756. The smallest absolute Gasteiger partial charge is 0.0474 e. The zero-order valence-corrected chi connectivity index (χ0v) is 11.5. The van der Waals surface area contributed by atoms with Gasteiger partial charge >= 0.3 is 0 Å². The lowest BCUT2D eigenvalue weighted by molar-refractivity contribution is 0.179. The van der Waals surface area contributed by atoms with Gasteiger partial charge in [0.25, 0.3) is 0 Å². The van der Waals surface area contributed by atoms with E-state index in [9.17, 15) is 0 Å². The predicted molar refractivity (Wildman–Crippen MR) is 72.3 cm³/mol. The molecule has 1 rings (SSSR count). The van der Waals surface area contributed by atoms with E-state index in [1.54, 1.807) is 7.11 Å². The fourth-order valence-electron chi connectivity index (χ4n) is 1.95. The van der Waals surface area contributed by atoms with Crippen molar-refractivity contribution in [2.24, 2.45) is 0 Å². The van der Waals surface area contributed by atoms with E-state index in [0.717, 1.165) is 38.7 Å². The molecule has 4 heteroatoms. The summed E-state index contributed by atoms with van der Waals surface area (Å²) in [6.07, 6.45) is 3.87. The summed E-state index contributed by atoms with van der Waals surface area (Å²) in [5.74, 6) is 2.66. The molecule has 0 saturated carbocycles. The van der Waals surface area contributed by atoms with Gasteiger partial charge in [0.15, 0.2) is 0 Å². The van der Waals surface area contributed by atoms with Gasteiger partial charge in [-0.3, -0.25) is 0 Å². The second-order valence-electron chi connectivity index (χ2n) is 4.52. The van der Waals surface area contributed by atoms with Gasteiger partial charge in [-0.05, 0) is 32.1 Å². The molecule has 1 saturated heterocycles. The number of thioether (sulfide) groups is 1. The highest BCUT2D eigenvalue weighted by molar-refractivity contribution is 7.99. The lowest BCUT2D eigenvalue weighted by Gasteiger charge is -2.24. The molecule has 96 valence electrons. The van der Waals surface area contributed by atoms with Crippen molar-refractivity contribution in [3.05, 3.63) is 0 Å². The molecule has 0 amide bonds. The first-order valence-electron chi connectivity index (χ1n) is 6.31. The van der Waals surface area contributed by atoms with Gasteiger partial charge in [-0.1, -0.05) is 0 Å². The third-order valence-corrected chi connectivity index (χ3v) is 4.19. The highest BCUT2D eigenvalue weighted by Crippen LogP contribution is 2.16. The minimum atomic E-state index is 0.756. The topological polar surface area (TPSA) is 24.5 Å². The molecule has 1 aliphatic heterocycles. The van der Waals surface area contributed by atoms with Gasteiger partial charge in [0.1, 0.15) is 0 Å². The minimum Gasteiger partial charge on any atom is -0.385 e. The van der Waals surface area contributed by atoms with Crippen molar-refractivity contribution < 1.29 is 4.74 Å². The van der Waals surface area contributed by atoms with E-state index in [4.69, 9.17) is 4.74 Å². The van der Waals surface area contributed by atoms with Crippen LogP contribution in [-0.4, -0.2) is 62.8 Å². The van der Waals surface area contributed by atoms with E-state index in [2.05, 4.69) is 29.0 Å². The van der Waals surface area contributed by atoms with Crippen LogP contribution >= 0.6 is 11.8 Å². The molecule has 0 spiro atoms. The second-order valence-corrected chi connectivity index (χ2v) is 5.67. The summed E-state index contributed by atoms with van der Waals surface area (Å²) in [5, 5.41) is 3.65. The fraction of sp³-hybridized carbons (Fsp3) is 1.00. The van der Waals surface area contributed by atoms with E-state index in [1.165, 1.54) is 24.3 Å². The summed E-state index contributed by atoms with van der Waals surface area (Å²) >= 11 is 2.09.